The van der Waals surface area contributed by atoms with Gasteiger partial charge >= 0.3 is 0 Å². The summed E-state index contributed by atoms with van der Waals surface area (Å²) in [6, 6.07) is 0. The minimum Gasteiger partial charge on any atom is -0.392 e. The highest BCUT2D eigenvalue weighted by Crippen LogP contribution is 2.35. The van der Waals surface area contributed by atoms with Gasteiger partial charge in [-0.2, -0.15) is 5.10 Å². The maximum absolute atomic E-state index is 12.6. The molecule has 0 aliphatic heterocycles. The van der Waals surface area contributed by atoms with Gasteiger partial charge in [-0.25, -0.2) is 4.98 Å². The van der Waals surface area contributed by atoms with Gasteiger partial charge in [0.1, 0.15) is 6.33 Å². The van der Waals surface area contributed by atoms with Crippen molar-refractivity contribution in [1.29, 1.82) is 0 Å². The molecular formula is C14H23N5OS. The van der Waals surface area contributed by atoms with Crippen LogP contribution in [0.1, 0.15) is 44.3 Å². The smallest absolute Gasteiger partial charge is 0.233 e. The second kappa shape index (κ2) is 6.98. The summed E-state index contributed by atoms with van der Waals surface area (Å²) in [7, 11) is 1.82. The van der Waals surface area contributed by atoms with Crippen LogP contribution >= 0.6 is 12.2 Å². The average molecular weight is 309 g/mol. The zero-order chi connectivity index (χ0) is 15.3. The van der Waals surface area contributed by atoms with E-state index in [0.29, 0.717) is 18.0 Å². The minimum atomic E-state index is -0.663. The standard InChI is InChI=1S/C14H23N5OS/c1-19-10-17-11(18-19)6-9-16-13(20)14(12(15)21)7-4-2-3-5-8-14/h10H,2-9H2,1H3,(H2,15,21)(H,16,20). The van der Waals surface area contributed by atoms with Crippen molar-refractivity contribution in [1.82, 2.24) is 20.1 Å². The summed E-state index contributed by atoms with van der Waals surface area (Å²) in [4.78, 5) is 17.1. The fraction of sp³-hybridized carbons (Fsp3) is 0.714. The molecule has 1 heterocycles. The molecule has 1 fully saturated rings. The number of hydrogen-bond acceptors (Lipinski definition) is 4. The second-order valence-electron chi connectivity index (χ2n) is 5.70. The highest BCUT2D eigenvalue weighted by atomic mass is 32.1. The molecule has 1 aliphatic rings. The third-order valence-electron chi connectivity index (χ3n) is 4.14. The van der Waals surface area contributed by atoms with E-state index in [-0.39, 0.29) is 5.91 Å². The van der Waals surface area contributed by atoms with Gasteiger partial charge < -0.3 is 11.1 Å². The van der Waals surface area contributed by atoms with E-state index >= 15 is 0 Å². The molecule has 0 unspecified atom stereocenters. The summed E-state index contributed by atoms with van der Waals surface area (Å²) in [6.07, 6.45) is 8.09. The molecule has 2 rings (SSSR count). The monoisotopic (exact) mass is 309 g/mol. The van der Waals surface area contributed by atoms with Crippen molar-refractivity contribution in [2.24, 2.45) is 18.2 Å². The lowest BCUT2D eigenvalue weighted by molar-refractivity contribution is -0.128. The molecular weight excluding hydrogens is 286 g/mol. The molecule has 0 atom stereocenters. The zero-order valence-corrected chi connectivity index (χ0v) is 13.3. The number of nitrogens with zero attached hydrogens (tertiary/aromatic N) is 3. The van der Waals surface area contributed by atoms with Gasteiger partial charge in [0.15, 0.2) is 5.82 Å². The summed E-state index contributed by atoms with van der Waals surface area (Å²) in [6.45, 7) is 0.507. The first-order chi connectivity index (χ1) is 10.0. The molecule has 0 spiro atoms. The van der Waals surface area contributed by atoms with Crippen molar-refractivity contribution in [2.75, 3.05) is 6.54 Å². The van der Waals surface area contributed by atoms with E-state index in [1.54, 1.807) is 11.0 Å². The first-order valence-corrected chi connectivity index (χ1v) is 7.88. The van der Waals surface area contributed by atoms with Crippen LogP contribution in [0.3, 0.4) is 0 Å². The highest BCUT2D eigenvalue weighted by molar-refractivity contribution is 7.80. The maximum atomic E-state index is 12.6. The van der Waals surface area contributed by atoms with Crippen LogP contribution in [-0.2, 0) is 18.3 Å². The zero-order valence-electron chi connectivity index (χ0n) is 12.5. The van der Waals surface area contributed by atoms with E-state index in [9.17, 15) is 4.79 Å². The Labute approximate surface area is 130 Å². The number of thiocarbonyl (C=S) groups is 1. The number of amides is 1. The summed E-state index contributed by atoms with van der Waals surface area (Å²) in [5.41, 5.74) is 5.24. The molecule has 1 amide bonds. The topological polar surface area (TPSA) is 85.8 Å². The van der Waals surface area contributed by atoms with E-state index in [1.165, 1.54) is 0 Å². The van der Waals surface area contributed by atoms with Crippen LogP contribution in [0.25, 0.3) is 0 Å². The van der Waals surface area contributed by atoms with Gasteiger partial charge in [0.05, 0.1) is 10.4 Å². The molecule has 1 aromatic heterocycles. The Bertz CT molecular complexity index is 505. The Balaban J connectivity index is 1.93. The molecule has 1 aromatic rings. The van der Waals surface area contributed by atoms with Crippen LogP contribution in [-0.4, -0.2) is 32.2 Å². The van der Waals surface area contributed by atoms with Crippen molar-refractivity contribution in [3.05, 3.63) is 12.2 Å². The summed E-state index contributed by atoms with van der Waals surface area (Å²) in [5.74, 6) is 0.691. The normalized spacial score (nSPS) is 18.0. The Kier molecular flexibility index (Phi) is 5.27. The molecule has 21 heavy (non-hydrogen) atoms. The van der Waals surface area contributed by atoms with Crippen molar-refractivity contribution >= 4 is 23.1 Å². The van der Waals surface area contributed by atoms with Crippen molar-refractivity contribution < 1.29 is 4.79 Å². The van der Waals surface area contributed by atoms with Crippen molar-refractivity contribution in [3.8, 4) is 0 Å². The Hall–Kier alpha value is -1.50. The average Bonchev–Trinajstić information content (AvgIpc) is 2.72. The Morgan fingerprint density at radius 3 is 2.62 bits per heavy atom. The number of rotatable bonds is 5. The summed E-state index contributed by atoms with van der Waals surface area (Å²) >= 11 is 5.20. The van der Waals surface area contributed by atoms with Gasteiger partial charge in [-0.3, -0.25) is 9.48 Å². The summed E-state index contributed by atoms with van der Waals surface area (Å²) in [5, 5.41) is 7.16. The van der Waals surface area contributed by atoms with Gasteiger partial charge in [0.25, 0.3) is 0 Å². The predicted molar refractivity (Wildman–Crippen MR) is 84.6 cm³/mol. The van der Waals surface area contributed by atoms with Gasteiger partial charge in [-0.05, 0) is 12.8 Å². The van der Waals surface area contributed by atoms with Crippen LogP contribution in [0.5, 0.6) is 0 Å². The SMILES string of the molecule is Cn1cnc(CCNC(=O)C2(C(N)=S)CCCCCC2)n1. The van der Waals surface area contributed by atoms with E-state index < -0.39 is 5.41 Å². The van der Waals surface area contributed by atoms with E-state index in [1.807, 2.05) is 7.05 Å². The molecule has 3 N–H and O–H groups in total. The van der Waals surface area contributed by atoms with Crippen LogP contribution in [0.2, 0.25) is 0 Å². The third-order valence-corrected chi connectivity index (χ3v) is 4.54. The van der Waals surface area contributed by atoms with Crippen LogP contribution in [0.15, 0.2) is 6.33 Å². The van der Waals surface area contributed by atoms with Crippen LogP contribution in [0.4, 0.5) is 0 Å². The first kappa shape index (κ1) is 15.9. The fourth-order valence-corrected chi connectivity index (χ4v) is 3.17. The number of hydrogen-bond donors (Lipinski definition) is 2. The molecule has 0 bridgehead atoms. The molecule has 1 aliphatic carbocycles. The molecule has 0 radical (unpaired) electrons. The third kappa shape index (κ3) is 3.78. The van der Waals surface area contributed by atoms with Gasteiger partial charge in [0.2, 0.25) is 5.91 Å². The number of nitrogens with two attached hydrogens (primary N) is 1. The molecule has 1 saturated carbocycles. The van der Waals surface area contributed by atoms with Gasteiger partial charge in [-0.1, -0.05) is 37.9 Å². The second-order valence-corrected chi connectivity index (χ2v) is 6.14. The lowest BCUT2D eigenvalue weighted by Gasteiger charge is -2.30. The lowest BCUT2D eigenvalue weighted by atomic mass is 9.79. The fourth-order valence-electron chi connectivity index (χ4n) is 2.87. The van der Waals surface area contributed by atoms with Crippen molar-refractivity contribution in [2.45, 2.75) is 44.9 Å². The number of carbonyl (C=O) groups is 1. The summed E-state index contributed by atoms with van der Waals surface area (Å²) < 4.78 is 1.65. The molecule has 6 nitrogen and oxygen atoms in total. The lowest BCUT2D eigenvalue weighted by Crippen LogP contribution is -2.49. The number of carbonyl (C=O) groups excluding carboxylic acids is 1. The number of aromatic nitrogens is 3. The van der Waals surface area contributed by atoms with Gasteiger partial charge in [0, 0.05) is 20.0 Å². The van der Waals surface area contributed by atoms with E-state index in [4.69, 9.17) is 18.0 Å². The molecule has 116 valence electrons. The first-order valence-electron chi connectivity index (χ1n) is 7.47. The Morgan fingerprint density at radius 1 is 1.43 bits per heavy atom. The Morgan fingerprint density at radius 2 is 2.10 bits per heavy atom. The van der Waals surface area contributed by atoms with Crippen LogP contribution in [0, 0.1) is 5.41 Å². The molecule has 0 saturated heterocycles. The molecule has 7 heteroatoms. The van der Waals surface area contributed by atoms with Gasteiger partial charge in [-0.15, -0.1) is 0 Å². The van der Waals surface area contributed by atoms with E-state index in [0.717, 1.165) is 44.3 Å². The predicted octanol–water partition coefficient (Wildman–Crippen LogP) is 1.10. The number of aryl methyl sites for hydroxylation is 1. The minimum absolute atomic E-state index is 0.0344. The van der Waals surface area contributed by atoms with E-state index in [2.05, 4.69) is 15.4 Å². The number of nitrogens with one attached hydrogen (secondary N) is 1. The largest absolute Gasteiger partial charge is 0.392 e. The van der Waals surface area contributed by atoms with Crippen LogP contribution < -0.4 is 11.1 Å². The maximum Gasteiger partial charge on any atom is 0.233 e. The quantitative estimate of drug-likeness (QED) is 0.628. The molecule has 0 aromatic carbocycles. The highest BCUT2D eigenvalue weighted by Gasteiger charge is 2.41. The van der Waals surface area contributed by atoms with Crippen molar-refractivity contribution in [3.63, 3.8) is 0 Å².